The molecule has 5 N–H and O–H groups in total. The zero-order chi connectivity index (χ0) is 21.8. The number of amides is 1. The molecule has 0 fully saturated rings. The van der Waals surface area contributed by atoms with Crippen molar-refractivity contribution in [3.8, 4) is 5.69 Å². The van der Waals surface area contributed by atoms with E-state index in [4.69, 9.17) is 11.5 Å². The van der Waals surface area contributed by atoms with E-state index in [0.717, 1.165) is 4.68 Å². The number of carbonyl (C=O) groups excluding carboxylic acids is 1. The van der Waals surface area contributed by atoms with Crippen LogP contribution in [0.3, 0.4) is 0 Å². The molecule has 4 rings (SSSR count). The zero-order valence-electron chi connectivity index (χ0n) is 16.2. The first-order valence-electron chi connectivity index (χ1n) is 8.99. The van der Waals surface area contributed by atoms with Crippen LogP contribution in [0.1, 0.15) is 24.2 Å². The van der Waals surface area contributed by atoms with Gasteiger partial charge in [0.15, 0.2) is 5.65 Å². The Bertz CT molecular complexity index is 1260. The predicted octanol–water partition coefficient (Wildman–Crippen LogP) is 1.87. The minimum absolute atomic E-state index is 0.0915. The Morgan fingerprint density at radius 1 is 1.13 bits per heavy atom. The molecule has 0 saturated carbocycles. The fraction of sp³-hybridized carbons (Fsp3) is 0.105. The van der Waals surface area contributed by atoms with Crippen molar-refractivity contribution in [2.24, 2.45) is 5.73 Å². The molecule has 3 heterocycles. The van der Waals surface area contributed by atoms with Crippen molar-refractivity contribution >= 4 is 28.9 Å². The van der Waals surface area contributed by atoms with Crippen molar-refractivity contribution in [3.63, 3.8) is 0 Å². The number of rotatable bonds is 4. The molecular formula is C19H19FN8O2. The number of aromatic nitrogens is 5. The van der Waals surface area contributed by atoms with Gasteiger partial charge in [-0.15, -0.1) is 0 Å². The Morgan fingerprint density at radius 2 is 1.83 bits per heavy atom. The Kier molecular flexibility index (Phi) is 5.72. The Morgan fingerprint density at radius 3 is 2.50 bits per heavy atom. The fourth-order valence-corrected chi connectivity index (χ4v) is 2.64. The summed E-state index contributed by atoms with van der Waals surface area (Å²) in [7, 11) is 0. The maximum atomic E-state index is 13.1. The molecule has 30 heavy (non-hydrogen) atoms. The van der Waals surface area contributed by atoms with E-state index < -0.39 is 17.3 Å². The highest BCUT2D eigenvalue weighted by Crippen LogP contribution is 2.19. The predicted molar refractivity (Wildman–Crippen MR) is 110 cm³/mol. The summed E-state index contributed by atoms with van der Waals surface area (Å²) in [5, 5.41) is 10.8. The topological polar surface area (TPSA) is 146 Å². The number of primary amides is 1. The number of fused-ring (bicyclic) bond motifs is 1. The second kappa shape index (κ2) is 8.39. The van der Waals surface area contributed by atoms with E-state index in [2.05, 4.69) is 20.5 Å². The number of nitrogens with two attached hydrogens (primary N) is 2. The molecule has 3 aromatic heterocycles. The third-order valence-electron chi connectivity index (χ3n) is 3.94. The van der Waals surface area contributed by atoms with Crippen molar-refractivity contribution in [3.05, 3.63) is 70.5 Å². The van der Waals surface area contributed by atoms with Crippen LogP contribution in [-0.4, -0.2) is 30.3 Å². The third-order valence-corrected chi connectivity index (χ3v) is 3.94. The molecule has 10 nitrogen and oxygen atoms in total. The van der Waals surface area contributed by atoms with E-state index in [0.29, 0.717) is 5.69 Å². The summed E-state index contributed by atoms with van der Waals surface area (Å²) >= 11 is 0. The standard InChI is InChI=1S/C17H13FN8O2.C2H6/c18-9-1-3-10(4-2-9)25-17(28)12(5-6-21-25)23-14-7-13(19)26-16(24-14)11(8-22-26)15(20)27;1-2/h1-8H,19H2,(H2,20,27)(H,23,24);1-2H3. The summed E-state index contributed by atoms with van der Waals surface area (Å²) in [5.41, 5.74) is 11.5. The van der Waals surface area contributed by atoms with Crippen LogP contribution in [0.2, 0.25) is 0 Å². The fourth-order valence-electron chi connectivity index (χ4n) is 2.64. The molecule has 1 aromatic carbocycles. The smallest absolute Gasteiger partial charge is 0.295 e. The summed E-state index contributed by atoms with van der Waals surface area (Å²) in [6.07, 6.45) is 2.67. The highest BCUT2D eigenvalue weighted by atomic mass is 19.1. The van der Waals surface area contributed by atoms with E-state index in [1.54, 1.807) is 0 Å². The minimum Gasteiger partial charge on any atom is -0.383 e. The number of carbonyl (C=O) groups is 1. The number of anilines is 3. The molecule has 11 heteroatoms. The number of nitrogens with zero attached hydrogens (tertiary/aromatic N) is 5. The monoisotopic (exact) mass is 410 g/mol. The highest BCUT2D eigenvalue weighted by molar-refractivity contribution is 5.98. The van der Waals surface area contributed by atoms with Crippen LogP contribution in [-0.2, 0) is 0 Å². The van der Waals surface area contributed by atoms with Gasteiger partial charge in [0.1, 0.15) is 28.7 Å². The van der Waals surface area contributed by atoms with Crippen molar-refractivity contribution in [1.82, 2.24) is 24.4 Å². The molecule has 0 aliphatic rings. The molecular weight excluding hydrogens is 391 g/mol. The maximum absolute atomic E-state index is 13.1. The number of nitrogen functional groups attached to an aromatic ring is 1. The maximum Gasteiger partial charge on any atom is 0.295 e. The van der Waals surface area contributed by atoms with Gasteiger partial charge in [-0.05, 0) is 30.3 Å². The first-order valence-corrected chi connectivity index (χ1v) is 8.99. The van der Waals surface area contributed by atoms with E-state index in [1.807, 2.05) is 13.8 Å². The van der Waals surface area contributed by atoms with Gasteiger partial charge in [-0.2, -0.15) is 19.4 Å². The van der Waals surface area contributed by atoms with Gasteiger partial charge >= 0.3 is 0 Å². The van der Waals surface area contributed by atoms with E-state index in [9.17, 15) is 14.0 Å². The first-order chi connectivity index (χ1) is 14.4. The molecule has 0 spiro atoms. The number of nitrogens with one attached hydrogen (secondary N) is 1. The number of benzene rings is 1. The molecule has 1 amide bonds. The van der Waals surface area contributed by atoms with E-state index >= 15 is 0 Å². The molecule has 0 atom stereocenters. The molecule has 154 valence electrons. The minimum atomic E-state index is -0.707. The summed E-state index contributed by atoms with van der Waals surface area (Å²) in [5.74, 6) is -0.735. The summed E-state index contributed by atoms with van der Waals surface area (Å²) in [6.45, 7) is 4.00. The largest absolute Gasteiger partial charge is 0.383 e. The van der Waals surface area contributed by atoms with E-state index in [1.165, 1.54) is 53.3 Å². The van der Waals surface area contributed by atoms with Gasteiger partial charge in [-0.1, -0.05) is 13.8 Å². The molecule has 0 radical (unpaired) electrons. The quantitative estimate of drug-likeness (QED) is 0.465. The van der Waals surface area contributed by atoms with Crippen LogP contribution in [0.5, 0.6) is 0 Å². The average molecular weight is 410 g/mol. The van der Waals surface area contributed by atoms with E-state index in [-0.39, 0.29) is 28.5 Å². The van der Waals surface area contributed by atoms with Gasteiger partial charge in [0.2, 0.25) is 0 Å². The van der Waals surface area contributed by atoms with Gasteiger partial charge < -0.3 is 16.8 Å². The highest BCUT2D eigenvalue weighted by Gasteiger charge is 2.15. The van der Waals surface area contributed by atoms with Gasteiger partial charge in [0, 0.05) is 6.07 Å². The summed E-state index contributed by atoms with van der Waals surface area (Å²) < 4.78 is 15.5. The van der Waals surface area contributed by atoms with Crippen LogP contribution < -0.4 is 22.3 Å². The number of hydrogen-bond acceptors (Lipinski definition) is 7. The van der Waals surface area contributed by atoms with Crippen molar-refractivity contribution in [2.45, 2.75) is 13.8 Å². The average Bonchev–Trinajstić information content (AvgIpc) is 3.17. The van der Waals surface area contributed by atoms with Crippen molar-refractivity contribution in [2.75, 3.05) is 11.1 Å². The van der Waals surface area contributed by atoms with Crippen molar-refractivity contribution in [1.29, 1.82) is 0 Å². The normalized spacial score (nSPS) is 10.4. The Hall–Kier alpha value is -4.28. The summed E-state index contributed by atoms with van der Waals surface area (Å²) in [6, 6.07) is 8.22. The molecule has 4 aromatic rings. The number of hydrogen-bond donors (Lipinski definition) is 3. The molecule has 0 saturated heterocycles. The van der Waals surface area contributed by atoms with Gasteiger partial charge in [-0.25, -0.2) is 9.37 Å². The lowest BCUT2D eigenvalue weighted by Gasteiger charge is -2.10. The van der Waals surface area contributed by atoms with Crippen molar-refractivity contribution < 1.29 is 9.18 Å². The second-order valence-electron chi connectivity index (χ2n) is 5.79. The van der Waals surface area contributed by atoms with Crippen LogP contribution in [0.4, 0.5) is 21.7 Å². The number of halogens is 1. The molecule has 0 aliphatic heterocycles. The Labute approximate surface area is 170 Å². The SMILES string of the molecule is CC.NC(=O)c1cnn2c(N)cc(Nc3ccnn(-c4ccc(F)cc4)c3=O)nc12. The lowest BCUT2D eigenvalue weighted by Crippen LogP contribution is -2.23. The summed E-state index contributed by atoms with van der Waals surface area (Å²) in [4.78, 5) is 28.5. The van der Waals surface area contributed by atoms with Crippen LogP contribution in [0, 0.1) is 5.82 Å². The van der Waals surface area contributed by atoms with Crippen LogP contribution in [0.15, 0.2) is 53.6 Å². The molecule has 0 unspecified atom stereocenters. The lowest BCUT2D eigenvalue weighted by atomic mass is 10.3. The van der Waals surface area contributed by atoms with Gasteiger partial charge in [0.25, 0.3) is 11.5 Å². The first kappa shape index (κ1) is 20.5. The second-order valence-corrected chi connectivity index (χ2v) is 5.79. The van der Waals surface area contributed by atoms with Crippen LogP contribution in [0.25, 0.3) is 11.3 Å². The van der Waals surface area contributed by atoms with Gasteiger partial charge in [0.05, 0.1) is 18.1 Å². The third kappa shape index (κ3) is 3.81. The lowest BCUT2D eigenvalue weighted by molar-refractivity contribution is 0.100. The van der Waals surface area contributed by atoms with Gasteiger partial charge in [-0.3, -0.25) is 9.59 Å². The zero-order valence-corrected chi connectivity index (χ0v) is 16.2. The molecule has 0 bridgehead atoms. The Balaban J connectivity index is 0.00000124. The molecule has 0 aliphatic carbocycles. The van der Waals surface area contributed by atoms with Crippen LogP contribution >= 0.6 is 0 Å².